The van der Waals surface area contributed by atoms with E-state index in [-0.39, 0.29) is 6.03 Å². The lowest BCUT2D eigenvalue weighted by Gasteiger charge is -2.38. The topological polar surface area (TPSA) is 36.0 Å². The van der Waals surface area contributed by atoms with Gasteiger partial charge in [-0.05, 0) is 38.0 Å². The summed E-state index contributed by atoms with van der Waals surface area (Å²) >= 11 is 0. The summed E-state index contributed by atoms with van der Waals surface area (Å²) in [5.41, 5.74) is 0. The molecule has 4 rings (SSSR count). The number of nitrogens with zero attached hydrogens (tertiary/aromatic N) is 3. The van der Waals surface area contributed by atoms with Gasteiger partial charge in [-0.3, -0.25) is 4.90 Å². The van der Waals surface area contributed by atoms with E-state index in [0.717, 1.165) is 58.2 Å². The number of hydrogen-bond donors (Lipinski definition) is 0. The van der Waals surface area contributed by atoms with Crippen LogP contribution < -0.4 is 0 Å². The second kappa shape index (κ2) is 5.76. The van der Waals surface area contributed by atoms with E-state index in [0.29, 0.717) is 12.1 Å². The number of ether oxygens (including phenoxy) is 1. The Bertz CT molecular complexity index is 393. The van der Waals surface area contributed by atoms with Gasteiger partial charge in [-0.25, -0.2) is 4.79 Å². The number of carbonyl (C=O) groups is 1. The van der Waals surface area contributed by atoms with E-state index in [1.54, 1.807) is 0 Å². The molecule has 21 heavy (non-hydrogen) atoms. The largest absolute Gasteiger partial charge is 0.377 e. The van der Waals surface area contributed by atoms with Crippen LogP contribution in [0, 0.1) is 5.92 Å². The molecule has 4 fully saturated rings. The minimum Gasteiger partial charge on any atom is -0.377 e. The number of rotatable bonds is 3. The Balaban J connectivity index is 1.29. The summed E-state index contributed by atoms with van der Waals surface area (Å²) < 4.78 is 6.06. The van der Waals surface area contributed by atoms with Gasteiger partial charge in [0.25, 0.3) is 0 Å². The second-order valence-corrected chi connectivity index (χ2v) is 7.21. The molecule has 4 aliphatic rings. The highest BCUT2D eigenvalue weighted by molar-refractivity contribution is 5.75. The highest BCUT2D eigenvalue weighted by atomic mass is 16.5. The summed E-state index contributed by atoms with van der Waals surface area (Å²) in [6.45, 7) is 6.76. The van der Waals surface area contributed by atoms with Gasteiger partial charge in [0.1, 0.15) is 0 Å². The van der Waals surface area contributed by atoms with Crippen LogP contribution in [0.25, 0.3) is 0 Å². The number of piperazine rings is 1. The molecule has 118 valence electrons. The first kappa shape index (κ1) is 13.8. The lowest BCUT2D eigenvalue weighted by molar-refractivity contribution is 0.0512. The van der Waals surface area contributed by atoms with Crippen molar-refractivity contribution in [1.82, 2.24) is 14.7 Å². The van der Waals surface area contributed by atoms with Crippen LogP contribution in [0.1, 0.15) is 32.1 Å². The van der Waals surface area contributed by atoms with Gasteiger partial charge in [-0.2, -0.15) is 0 Å². The third-order valence-corrected chi connectivity index (χ3v) is 5.49. The van der Waals surface area contributed by atoms with Crippen LogP contribution in [0.15, 0.2) is 0 Å². The van der Waals surface area contributed by atoms with Gasteiger partial charge in [0, 0.05) is 51.9 Å². The molecule has 1 saturated carbocycles. The molecule has 5 heteroatoms. The van der Waals surface area contributed by atoms with Gasteiger partial charge in [-0.15, -0.1) is 0 Å². The van der Waals surface area contributed by atoms with E-state index >= 15 is 0 Å². The fourth-order valence-electron chi connectivity index (χ4n) is 3.96. The van der Waals surface area contributed by atoms with Crippen molar-refractivity contribution in [3.8, 4) is 0 Å². The molecule has 0 unspecified atom stereocenters. The molecule has 0 N–H and O–H groups in total. The molecule has 0 bridgehead atoms. The van der Waals surface area contributed by atoms with Crippen LogP contribution in [0.5, 0.6) is 0 Å². The minimum atomic E-state index is 0.273. The van der Waals surface area contributed by atoms with Crippen molar-refractivity contribution < 1.29 is 9.53 Å². The molecule has 0 radical (unpaired) electrons. The maximum absolute atomic E-state index is 12.5. The molecule has 3 heterocycles. The Hall–Kier alpha value is -0.810. The quantitative estimate of drug-likeness (QED) is 0.789. The van der Waals surface area contributed by atoms with Crippen molar-refractivity contribution in [2.75, 3.05) is 45.9 Å². The predicted molar refractivity (Wildman–Crippen MR) is 80.2 cm³/mol. The fourth-order valence-corrected chi connectivity index (χ4v) is 3.96. The normalized spacial score (nSPS) is 33.5. The molecule has 3 aliphatic heterocycles. The molecule has 2 amide bonds. The molecule has 2 atom stereocenters. The molecule has 0 spiro atoms. The molecule has 5 nitrogen and oxygen atoms in total. The van der Waals surface area contributed by atoms with E-state index < -0.39 is 0 Å². The van der Waals surface area contributed by atoms with Crippen LogP contribution in [0.4, 0.5) is 4.79 Å². The lowest BCUT2D eigenvalue weighted by atomic mass is 10.1. The van der Waals surface area contributed by atoms with Crippen LogP contribution in [0.2, 0.25) is 0 Å². The number of urea groups is 1. The first-order valence-electron chi connectivity index (χ1n) is 8.69. The molecule has 3 saturated heterocycles. The molecule has 0 aromatic carbocycles. The highest BCUT2D eigenvalue weighted by Gasteiger charge is 2.39. The first-order valence-corrected chi connectivity index (χ1v) is 8.69. The first-order chi connectivity index (χ1) is 10.3. The Kier molecular flexibility index (Phi) is 3.79. The van der Waals surface area contributed by atoms with Crippen LogP contribution in [-0.4, -0.2) is 78.8 Å². The number of carbonyl (C=O) groups excluding carboxylic acids is 1. The van der Waals surface area contributed by atoms with Crippen LogP contribution >= 0.6 is 0 Å². The van der Waals surface area contributed by atoms with Gasteiger partial charge < -0.3 is 14.5 Å². The maximum atomic E-state index is 12.5. The molecule has 0 aromatic rings. The monoisotopic (exact) mass is 293 g/mol. The van der Waals surface area contributed by atoms with Crippen molar-refractivity contribution in [3.63, 3.8) is 0 Å². The lowest BCUT2D eigenvalue weighted by Crippen LogP contribution is -2.54. The SMILES string of the molecule is O=C(N1CCCC1)N1CCN2C[C@H](OCC3CC3)C[C@@H]2C1. The van der Waals surface area contributed by atoms with Crippen LogP contribution in [0.3, 0.4) is 0 Å². The van der Waals surface area contributed by atoms with Crippen molar-refractivity contribution in [1.29, 1.82) is 0 Å². The maximum Gasteiger partial charge on any atom is 0.320 e. The highest BCUT2D eigenvalue weighted by Crippen LogP contribution is 2.31. The molecular formula is C16H27N3O2. The average Bonchev–Trinajstić information content (AvgIpc) is 3.02. The zero-order valence-electron chi connectivity index (χ0n) is 12.9. The van der Waals surface area contributed by atoms with Crippen molar-refractivity contribution in [2.45, 2.75) is 44.2 Å². The van der Waals surface area contributed by atoms with Crippen LogP contribution in [-0.2, 0) is 4.74 Å². The Morgan fingerprint density at radius 2 is 1.81 bits per heavy atom. The van der Waals surface area contributed by atoms with E-state index in [1.165, 1.54) is 25.7 Å². The predicted octanol–water partition coefficient (Wildman–Crippen LogP) is 1.39. The van der Waals surface area contributed by atoms with Gasteiger partial charge in [0.05, 0.1) is 6.10 Å². The van der Waals surface area contributed by atoms with E-state index in [2.05, 4.69) is 9.80 Å². The summed E-state index contributed by atoms with van der Waals surface area (Å²) in [5, 5.41) is 0. The standard InChI is InChI=1S/C16H27N3O2/c20-16(17-5-1-2-6-17)19-8-7-18-11-15(9-14(18)10-19)21-12-13-3-4-13/h13-15H,1-12H2/t14-,15-/m1/s1. The summed E-state index contributed by atoms with van der Waals surface area (Å²) in [4.78, 5) is 19.1. The summed E-state index contributed by atoms with van der Waals surface area (Å²) in [6.07, 6.45) is 6.57. The third-order valence-electron chi connectivity index (χ3n) is 5.49. The summed E-state index contributed by atoms with van der Waals surface area (Å²) in [5.74, 6) is 0.843. The molecule has 0 aromatic heterocycles. The van der Waals surface area contributed by atoms with Crippen molar-refractivity contribution >= 4 is 6.03 Å². The Morgan fingerprint density at radius 3 is 2.57 bits per heavy atom. The van der Waals surface area contributed by atoms with Gasteiger partial charge >= 0.3 is 6.03 Å². The number of likely N-dealkylation sites (tertiary alicyclic amines) is 1. The van der Waals surface area contributed by atoms with Gasteiger partial charge in [0.15, 0.2) is 0 Å². The fraction of sp³-hybridized carbons (Fsp3) is 0.938. The smallest absolute Gasteiger partial charge is 0.320 e. The van der Waals surface area contributed by atoms with Crippen molar-refractivity contribution in [3.05, 3.63) is 0 Å². The summed E-state index contributed by atoms with van der Waals surface area (Å²) in [6, 6.07) is 0.795. The zero-order chi connectivity index (χ0) is 14.2. The Morgan fingerprint density at radius 1 is 1.00 bits per heavy atom. The van der Waals surface area contributed by atoms with Crippen molar-refractivity contribution in [2.24, 2.45) is 5.92 Å². The zero-order valence-corrected chi connectivity index (χ0v) is 12.9. The summed E-state index contributed by atoms with van der Waals surface area (Å²) in [7, 11) is 0. The average molecular weight is 293 g/mol. The number of amides is 2. The van der Waals surface area contributed by atoms with E-state index in [9.17, 15) is 4.79 Å². The second-order valence-electron chi connectivity index (χ2n) is 7.21. The van der Waals surface area contributed by atoms with E-state index in [1.807, 2.05) is 4.90 Å². The molecule has 1 aliphatic carbocycles. The number of hydrogen-bond acceptors (Lipinski definition) is 3. The van der Waals surface area contributed by atoms with Gasteiger partial charge in [-0.1, -0.05) is 0 Å². The Labute approximate surface area is 127 Å². The molecular weight excluding hydrogens is 266 g/mol. The van der Waals surface area contributed by atoms with Gasteiger partial charge in [0.2, 0.25) is 0 Å². The van der Waals surface area contributed by atoms with E-state index in [4.69, 9.17) is 4.74 Å². The third kappa shape index (κ3) is 3.04. The number of fused-ring (bicyclic) bond motifs is 1. The minimum absolute atomic E-state index is 0.273.